The summed E-state index contributed by atoms with van der Waals surface area (Å²) in [5.74, 6) is 0.254. The fraction of sp³-hybridized carbons (Fsp3) is 0.417. The smallest absolute Gasteiger partial charge is 0.165 e. The van der Waals surface area contributed by atoms with Crippen LogP contribution < -0.4 is 0 Å². The van der Waals surface area contributed by atoms with E-state index in [0.717, 1.165) is 13.0 Å². The lowest BCUT2D eigenvalue weighted by molar-refractivity contribution is -0.189. The predicted octanol–water partition coefficient (Wildman–Crippen LogP) is 1.71. The maximum atomic E-state index is 11.5. The summed E-state index contributed by atoms with van der Waals surface area (Å²) in [5, 5.41) is 1.96. The van der Waals surface area contributed by atoms with Crippen LogP contribution in [0.5, 0.6) is 0 Å². The average molecular weight is 203 g/mol. The van der Waals surface area contributed by atoms with E-state index in [1.54, 1.807) is 0 Å². The first-order chi connectivity index (χ1) is 7.34. The number of carbonyl (C=O) groups excluding carboxylic acids is 1. The highest BCUT2D eigenvalue weighted by atomic mass is 16.7. The molecule has 0 amide bonds. The van der Waals surface area contributed by atoms with Crippen molar-refractivity contribution in [3.63, 3.8) is 0 Å². The minimum Gasteiger partial charge on any atom is -0.297 e. The monoisotopic (exact) mass is 203 g/mol. The molecule has 0 saturated carbocycles. The fourth-order valence-corrected chi connectivity index (χ4v) is 2.36. The highest BCUT2D eigenvalue weighted by Crippen LogP contribution is 2.37. The zero-order valence-electron chi connectivity index (χ0n) is 8.43. The second-order valence-electron chi connectivity index (χ2n) is 4.11. The summed E-state index contributed by atoms with van der Waals surface area (Å²) in [5.41, 5.74) is 1.25. The number of hydrogen-bond donors (Lipinski definition) is 0. The van der Waals surface area contributed by atoms with Gasteiger partial charge in [0, 0.05) is 19.4 Å². The van der Waals surface area contributed by atoms with Crippen molar-refractivity contribution in [3.8, 4) is 0 Å². The highest BCUT2D eigenvalue weighted by molar-refractivity contribution is 5.84. The molecular weight excluding hydrogens is 190 g/mol. The molecule has 0 radical (unpaired) electrons. The number of Topliss-reactive ketones (excluding diaryl/α,β-unsaturated/α-hetero) is 1. The topological polar surface area (TPSA) is 29.5 Å². The Hall–Kier alpha value is -1.19. The number of fused-ring (bicyclic) bond motifs is 2. The number of nitrogens with zero attached hydrogens (tertiary/aromatic N) is 1. The molecular formula is C12H13NO2. The summed E-state index contributed by atoms with van der Waals surface area (Å²) in [6.07, 6.45) is 1.25. The van der Waals surface area contributed by atoms with E-state index in [-0.39, 0.29) is 17.9 Å². The van der Waals surface area contributed by atoms with Gasteiger partial charge in [0.05, 0.1) is 6.04 Å². The summed E-state index contributed by atoms with van der Waals surface area (Å²) in [7, 11) is 0. The molecule has 1 aromatic carbocycles. The third-order valence-corrected chi connectivity index (χ3v) is 3.17. The van der Waals surface area contributed by atoms with Crippen LogP contribution in [0.15, 0.2) is 30.3 Å². The molecule has 1 aromatic rings. The van der Waals surface area contributed by atoms with Gasteiger partial charge in [-0.15, -0.1) is 0 Å². The first kappa shape index (κ1) is 9.07. The maximum Gasteiger partial charge on any atom is 0.165 e. The van der Waals surface area contributed by atoms with Crippen LogP contribution in [0, 0.1) is 0 Å². The summed E-state index contributed by atoms with van der Waals surface area (Å²) in [6.45, 7) is 0.731. The molecule has 0 aliphatic carbocycles. The summed E-state index contributed by atoms with van der Waals surface area (Å²) in [4.78, 5) is 17.0. The zero-order chi connectivity index (χ0) is 10.3. The Morgan fingerprint density at radius 3 is 2.80 bits per heavy atom. The summed E-state index contributed by atoms with van der Waals surface area (Å²) >= 11 is 0. The van der Waals surface area contributed by atoms with Gasteiger partial charge in [-0.2, -0.15) is 5.06 Å². The molecule has 2 bridgehead atoms. The molecule has 2 fully saturated rings. The largest absolute Gasteiger partial charge is 0.297 e. The summed E-state index contributed by atoms with van der Waals surface area (Å²) in [6, 6.07) is 10.5. The Kier molecular flexibility index (Phi) is 2.08. The molecule has 0 N–H and O–H groups in total. The van der Waals surface area contributed by atoms with Gasteiger partial charge in [-0.25, -0.2) is 0 Å². The van der Waals surface area contributed by atoms with Crippen molar-refractivity contribution in [1.82, 2.24) is 5.06 Å². The van der Waals surface area contributed by atoms with Crippen molar-refractivity contribution in [3.05, 3.63) is 35.9 Å². The van der Waals surface area contributed by atoms with Gasteiger partial charge in [0.2, 0.25) is 0 Å². The van der Waals surface area contributed by atoms with Crippen LogP contribution in [0.3, 0.4) is 0 Å². The minimum atomic E-state index is -0.191. The molecule has 2 saturated heterocycles. The number of hydroxylamine groups is 2. The van der Waals surface area contributed by atoms with Crippen LogP contribution >= 0.6 is 0 Å². The lowest BCUT2D eigenvalue weighted by atomic mass is 10.0. The first-order valence-corrected chi connectivity index (χ1v) is 5.35. The third-order valence-electron chi connectivity index (χ3n) is 3.17. The van der Waals surface area contributed by atoms with Crippen molar-refractivity contribution in [1.29, 1.82) is 0 Å². The van der Waals surface area contributed by atoms with E-state index in [0.29, 0.717) is 6.42 Å². The van der Waals surface area contributed by atoms with E-state index >= 15 is 0 Å². The normalized spacial score (nSPS) is 34.4. The number of rotatable bonds is 1. The van der Waals surface area contributed by atoms with Gasteiger partial charge >= 0.3 is 0 Å². The third kappa shape index (κ3) is 1.48. The van der Waals surface area contributed by atoms with Crippen molar-refractivity contribution in [2.24, 2.45) is 0 Å². The number of carbonyl (C=O) groups is 1. The quantitative estimate of drug-likeness (QED) is 0.695. The van der Waals surface area contributed by atoms with E-state index in [1.807, 2.05) is 23.3 Å². The van der Waals surface area contributed by atoms with E-state index in [1.165, 1.54) is 5.56 Å². The molecule has 3 nitrogen and oxygen atoms in total. The number of benzene rings is 1. The molecule has 3 atom stereocenters. The SMILES string of the molecule is O=C1CCN2O[C@@H]1C[C@@H]2c1ccccc1. The van der Waals surface area contributed by atoms with Crippen LogP contribution in [0.4, 0.5) is 0 Å². The molecule has 2 aliphatic rings. The van der Waals surface area contributed by atoms with E-state index < -0.39 is 0 Å². The molecule has 78 valence electrons. The minimum absolute atomic E-state index is 0.191. The fourth-order valence-electron chi connectivity index (χ4n) is 2.36. The van der Waals surface area contributed by atoms with Crippen molar-refractivity contribution < 1.29 is 9.63 Å². The average Bonchev–Trinajstić information content (AvgIpc) is 2.65. The van der Waals surface area contributed by atoms with Crippen LogP contribution in [-0.4, -0.2) is 23.5 Å². The second kappa shape index (κ2) is 3.43. The van der Waals surface area contributed by atoms with Crippen molar-refractivity contribution in [2.75, 3.05) is 6.54 Å². The Morgan fingerprint density at radius 2 is 2.07 bits per heavy atom. The number of hydrogen-bond acceptors (Lipinski definition) is 3. The Balaban J connectivity index is 1.88. The Bertz CT molecular complexity index is 376. The molecule has 15 heavy (non-hydrogen) atoms. The van der Waals surface area contributed by atoms with Gasteiger partial charge in [0.15, 0.2) is 5.78 Å². The van der Waals surface area contributed by atoms with Gasteiger partial charge in [-0.05, 0) is 5.56 Å². The van der Waals surface area contributed by atoms with Crippen molar-refractivity contribution in [2.45, 2.75) is 25.0 Å². The van der Waals surface area contributed by atoms with E-state index in [2.05, 4.69) is 12.1 Å². The maximum absolute atomic E-state index is 11.5. The molecule has 3 rings (SSSR count). The molecule has 2 heterocycles. The second-order valence-corrected chi connectivity index (χ2v) is 4.11. The standard InChI is InChI=1S/C12H13NO2/c14-11-6-7-13-10(8-12(11)15-13)9-4-2-1-3-5-9/h1-5,10,12H,6-8H2/t10-,12-/m1/s1. The molecule has 0 aromatic heterocycles. The van der Waals surface area contributed by atoms with Gasteiger partial charge in [0.1, 0.15) is 6.10 Å². The lowest BCUT2D eigenvalue weighted by Gasteiger charge is -2.24. The highest BCUT2D eigenvalue weighted by Gasteiger charge is 2.41. The van der Waals surface area contributed by atoms with Gasteiger partial charge in [-0.3, -0.25) is 9.63 Å². The lowest BCUT2D eigenvalue weighted by Crippen LogP contribution is -2.33. The number of ketones is 1. The molecule has 1 unspecified atom stereocenters. The van der Waals surface area contributed by atoms with Crippen LogP contribution in [-0.2, 0) is 9.63 Å². The summed E-state index contributed by atoms with van der Waals surface area (Å²) < 4.78 is 0. The van der Waals surface area contributed by atoms with Gasteiger partial charge < -0.3 is 0 Å². The van der Waals surface area contributed by atoms with Gasteiger partial charge in [0.25, 0.3) is 0 Å². The van der Waals surface area contributed by atoms with E-state index in [9.17, 15) is 4.79 Å². The molecule has 2 aliphatic heterocycles. The first-order valence-electron chi connectivity index (χ1n) is 5.35. The van der Waals surface area contributed by atoms with Gasteiger partial charge in [-0.1, -0.05) is 30.3 Å². The zero-order valence-corrected chi connectivity index (χ0v) is 8.43. The Morgan fingerprint density at radius 1 is 1.27 bits per heavy atom. The van der Waals surface area contributed by atoms with Crippen molar-refractivity contribution >= 4 is 5.78 Å². The molecule has 0 spiro atoms. The van der Waals surface area contributed by atoms with E-state index in [4.69, 9.17) is 4.84 Å². The predicted molar refractivity (Wildman–Crippen MR) is 55.0 cm³/mol. The molecule has 3 heteroatoms. The van der Waals surface area contributed by atoms with Crippen LogP contribution in [0.1, 0.15) is 24.4 Å². The van der Waals surface area contributed by atoms with Crippen LogP contribution in [0.2, 0.25) is 0 Å². The van der Waals surface area contributed by atoms with Crippen LogP contribution in [0.25, 0.3) is 0 Å². The Labute approximate surface area is 88.6 Å².